The number of benzene rings is 2. The average Bonchev–Trinajstić information content (AvgIpc) is 2.51. The average molecular weight is 348 g/mol. The van der Waals surface area contributed by atoms with Gasteiger partial charge in [0, 0.05) is 21.7 Å². The molecule has 24 heavy (non-hydrogen) atoms. The summed E-state index contributed by atoms with van der Waals surface area (Å²) in [4.78, 5) is 12.3. The van der Waals surface area contributed by atoms with Crippen LogP contribution in [0.5, 0.6) is 11.5 Å². The number of methoxy groups -OCH3 is 1. The molecule has 0 fully saturated rings. The molecule has 0 aromatic heterocycles. The Morgan fingerprint density at radius 3 is 2.54 bits per heavy atom. The molecule has 0 saturated carbocycles. The maximum absolute atomic E-state index is 12.3. The second kappa shape index (κ2) is 7.58. The molecule has 0 atom stereocenters. The number of carbonyl (C=O) groups excluding carboxylic acids is 1. The van der Waals surface area contributed by atoms with Crippen LogP contribution in [0.15, 0.2) is 42.5 Å². The van der Waals surface area contributed by atoms with E-state index in [4.69, 9.17) is 21.1 Å². The number of hydrogen-bond donors (Lipinski definition) is 1. The largest absolute Gasteiger partial charge is 0.496 e. The molecule has 0 aliphatic rings. The zero-order valence-corrected chi connectivity index (χ0v) is 15.1. The van der Waals surface area contributed by atoms with Gasteiger partial charge in [-0.15, -0.1) is 0 Å². The monoisotopic (exact) mass is 347 g/mol. The number of nitrogens with one attached hydrogen (secondary N) is 1. The molecular formula is C19H22ClNO3. The summed E-state index contributed by atoms with van der Waals surface area (Å²) in [5.41, 5.74) is 1.06. The van der Waals surface area contributed by atoms with Gasteiger partial charge in [0.05, 0.1) is 7.11 Å². The van der Waals surface area contributed by atoms with E-state index in [1.54, 1.807) is 37.4 Å². The lowest BCUT2D eigenvalue weighted by Gasteiger charge is -2.21. The van der Waals surface area contributed by atoms with E-state index in [1.165, 1.54) is 0 Å². The number of carbonyl (C=O) groups is 1. The molecule has 0 spiro atoms. The van der Waals surface area contributed by atoms with E-state index in [1.807, 2.05) is 32.9 Å². The van der Waals surface area contributed by atoms with Crippen LogP contribution in [0.2, 0.25) is 5.02 Å². The van der Waals surface area contributed by atoms with E-state index < -0.39 is 0 Å². The summed E-state index contributed by atoms with van der Waals surface area (Å²) >= 11 is 5.96. The topological polar surface area (TPSA) is 47.6 Å². The molecule has 1 N–H and O–H groups in total. The molecule has 1 amide bonds. The summed E-state index contributed by atoms with van der Waals surface area (Å²) in [6.07, 6.45) is 0. The van der Waals surface area contributed by atoms with Gasteiger partial charge in [0.15, 0.2) is 0 Å². The smallest absolute Gasteiger partial charge is 0.251 e. The standard InChI is InChI=1S/C19H22ClNO3/c1-19(2,3)21-18(22)13-8-9-17(23-4)14(10-13)12-24-16-7-5-6-15(20)11-16/h5-11H,12H2,1-4H3,(H,21,22). The van der Waals surface area contributed by atoms with Crippen LogP contribution in [-0.4, -0.2) is 18.6 Å². The molecule has 2 aromatic carbocycles. The Morgan fingerprint density at radius 1 is 1.17 bits per heavy atom. The third-order valence-corrected chi connectivity index (χ3v) is 3.46. The van der Waals surface area contributed by atoms with Gasteiger partial charge in [0.25, 0.3) is 5.91 Å². The van der Waals surface area contributed by atoms with Crippen molar-refractivity contribution in [3.63, 3.8) is 0 Å². The molecule has 0 heterocycles. The highest BCUT2D eigenvalue weighted by molar-refractivity contribution is 6.30. The molecular weight excluding hydrogens is 326 g/mol. The molecule has 2 aromatic rings. The number of ether oxygens (including phenoxy) is 2. The molecule has 0 bridgehead atoms. The van der Waals surface area contributed by atoms with Crippen molar-refractivity contribution in [3.8, 4) is 11.5 Å². The number of amides is 1. The van der Waals surface area contributed by atoms with Crippen LogP contribution in [-0.2, 0) is 6.61 Å². The Bertz CT molecular complexity index is 723. The van der Waals surface area contributed by atoms with Crippen LogP contribution in [0.4, 0.5) is 0 Å². The quantitative estimate of drug-likeness (QED) is 0.868. The Labute approximate surface area is 147 Å². The first-order valence-corrected chi connectivity index (χ1v) is 8.04. The lowest BCUT2D eigenvalue weighted by Crippen LogP contribution is -2.40. The second-order valence-corrected chi connectivity index (χ2v) is 6.91. The number of hydrogen-bond acceptors (Lipinski definition) is 3. The van der Waals surface area contributed by atoms with Crippen molar-refractivity contribution in [2.75, 3.05) is 7.11 Å². The van der Waals surface area contributed by atoms with E-state index >= 15 is 0 Å². The van der Waals surface area contributed by atoms with Gasteiger partial charge in [-0.3, -0.25) is 4.79 Å². The van der Waals surface area contributed by atoms with Gasteiger partial charge in [-0.05, 0) is 57.2 Å². The molecule has 2 rings (SSSR count). The van der Waals surface area contributed by atoms with Crippen molar-refractivity contribution >= 4 is 17.5 Å². The molecule has 0 aliphatic heterocycles. The Balaban J connectivity index is 2.18. The van der Waals surface area contributed by atoms with E-state index in [-0.39, 0.29) is 18.1 Å². The van der Waals surface area contributed by atoms with E-state index in [0.29, 0.717) is 22.1 Å². The summed E-state index contributed by atoms with van der Waals surface area (Å²) in [7, 11) is 1.59. The molecule has 0 saturated heterocycles. The second-order valence-electron chi connectivity index (χ2n) is 6.48. The Hall–Kier alpha value is -2.20. The minimum atomic E-state index is -0.297. The maximum atomic E-state index is 12.3. The highest BCUT2D eigenvalue weighted by Crippen LogP contribution is 2.24. The molecule has 5 heteroatoms. The Morgan fingerprint density at radius 2 is 1.92 bits per heavy atom. The molecule has 0 aliphatic carbocycles. The summed E-state index contributed by atoms with van der Waals surface area (Å²) < 4.78 is 11.1. The molecule has 0 radical (unpaired) electrons. The molecule has 0 unspecified atom stereocenters. The van der Waals surface area contributed by atoms with Crippen LogP contribution < -0.4 is 14.8 Å². The fourth-order valence-electron chi connectivity index (χ4n) is 2.16. The lowest BCUT2D eigenvalue weighted by atomic mass is 10.1. The highest BCUT2D eigenvalue weighted by Gasteiger charge is 2.17. The van der Waals surface area contributed by atoms with E-state index in [2.05, 4.69) is 5.32 Å². The lowest BCUT2D eigenvalue weighted by molar-refractivity contribution is 0.0919. The maximum Gasteiger partial charge on any atom is 0.251 e. The zero-order chi connectivity index (χ0) is 17.7. The van der Waals surface area contributed by atoms with Crippen LogP contribution in [0.3, 0.4) is 0 Å². The van der Waals surface area contributed by atoms with Gasteiger partial charge in [0.2, 0.25) is 0 Å². The Kier molecular flexibility index (Phi) is 5.73. The van der Waals surface area contributed by atoms with Gasteiger partial charge in [-0.2, -0.15) is 0 Å². The van der Waals surface area contributed by atoms with E-state index in [0.717, 1.165) is 5.56 Å². The first-order valence-electron chi connectivity index (χ1n) is 7.66. The summed E-state index contributed by atoms with van der Waals surface area (Å²) in [5, 5.41) is 3.55. The van der Waals surface area contributed by atoms with Crippen molar-refractivity contribution < 1.29 is 14.3 Å². The van der Waals surface area contributed by atoms with Crippen molar-refractivity contribution in [1.29, 1.82) is 0 Å². The summed E-state index contributed by atoms with van der Waals surface area (Å²) in [6, 6.07) is 12.5. The summed E-state index contributed by atoms with van der Waals surface area (Å²) in [6.45, 7) is 6.10. The first-order chi connectivity index (χ1) is 11.3. The van der Waals surface area contributed by atoms with Gasteiger partial charge < -0.3 is 14.8 Å². The van der Waals surface area contributed by atoms with E-state index in [9.17, 15) is 4.79 Å². The first kappa shape index (κ1) is 18.1. The predicted octanol–water partition coefficient (Wildman–Crippen LogP) is 4.46. The summed E-state index contributed by atoms with van der Waals surface area (Å²) in [5.74, 6) is 1.20. The van der Waals surface area contributed by atoms with Gasteiger partial charge in [-0.25, -0.2) is 0 Å². The third-order valence-electron chi connectivity index (χ3n) is 3.22. The minimum absolute atomic E-state index is 0.130. The van der Waals surface area contributed by atoms with Crippen LogP contribution in [0.1, 0.15) is 36.7 Å². The number of halogens is 1. The van der Waals surface area contributed by atoms with Crippen LogP contribution in [0.25, 0.3) is 0 Å². The van der Waals surface area contributed by atoms with Crippen molar-refractivity contribution in [2.45, 2.75) is 32.9 Å². The van der Waals surface area contributed by atoms with Crippen LogP contribution >= 0.6 is 11.6 Å². The van der Waals surface area contributed by atoms with Gasteiger partial charge in [-0.1, -0.05) is 17.7 Å². The van der Waals surface area contributed by atoms with Crippen molar-refractivity contribution in [2.24, 2.45) is 0 Å². The molecule has 4 nitrogen and oxygen atoms in total. The van der Waals surface area contributed by atoms with Gasteiger partial charge >= 0.3 is 0 Å². The van der Waals surface area contributed by atoms with Crippen molar-refractivity contribution in [3.05, 3.63) is 58.6 Å². The zero-order valence-electron chi connectivity index (χ0n) is 14.4. The SMILES string of the molecule is COc1ccc(C(=O)NC(C)(C)C)cc1COc1cccc(Cl)c1. The highest BCUT2D eigenvalue weighted by atomic mass is 35.5. The van der Waals surface area contributed by atoms with Crippen molar-refractivity contribution in [1.82, 2.24) is 5.32 Å². The fourth-order valence-corrected chi connectivity index (χ4v) is 2.34. The normalized spacial score (nSPS) is 11.0. The van der Waals surface area contributed by atoms with Gasteiger partial charge in [0.1, 0.15) is 18.1 Å². The fraction of sp³-hybridized carbons (Fsp3) is 0.316. The predicted molar refractivity (Wildman–Crippen MR) is 96.0 cm³/mol. The number of rotatable bonds is 5. The third kappa shape index (κ3) is 5.17. The molecule has 128 valence electrons. The minimum Gasteiger partial charge on any atom is -0.496 e. The van der Waals surface area contributed by atoms with Crippen LogP contribution in [0, 0.1) is 0 Å².